The molecule has 0 aromatic heterocycles. The Balaban J connectivity index is 1.43. The van der Waals surface area contributed by atoms with E-state index in [-0.39, 0.29) is 5.91 Å². The second kappa shape index (κ2) is 11.4. The van der Waals surface area contributed by atoms with E-state index in [9.17, 15) is 24.3 Å². The van der Waals surface area contributed by atoms with Crippen molar-refractivity contribution < 1.29 is 29.0 Å². The van der Waals surface area contributed by atoms with Crippen molar-refractivity contribution in [3.8, 4) is 0 Å². The maximum Gasteiger partial charge on any atom is 0.326 e. The molecule has 0 bridgehead atoms. The Morgan fingerprint density at radius 3 is 2.06 bits per heavy atom. The molecule has 36 heavy (non-hydrogen) atoms. The number of carboxylic acids is 1. The summed E-state index contributed by atoms with van der Waals surface area (Å²) in [5, 5.41) is 12.1. The molecule has 2 unspecified atom stereocenters. The molecule has 1 saturated heterocycles. The first-order valence-electron chi connectivity index (χ1n) is 12.5. The molecule has 8 heteroatoms. The van der Waals surface area contributed by atoms with Crippen LogP contribution in [0.25, 0.3) is 0 Å². The zero-order valence-electron chi connectivity index (χ0n) is 20.3. The standard InChI is InChI=1S/C28H32N2O6/c1-18(26(32)30-17-9-16-23(30)27(33)34)29-25(31)21-14-8-15-22(21)28(35)36-24(19-10-4-2-5-11-19)20-12-6-3-7-13-20/h2-7,10-13,18,21-24H,8-9,14-17H2,1H3,(H,29,31)(H,33,34)/t18-,21?,22?,23-/m0/s1. The van der Waals surface area contributed by atoms with Crippen molar-refractivity contribution in [3.05, 3.63) is 71.8 Å². The minimum atomic E-state index is -1.04. The number of benzene rings is 2. The van der Waals surface area contributed by atoms with Crippen molar-refractivity contribution >= 4 is 23.8 Å². The Bertz CT molecular complexity index is 1050. The van der Waals surface area contributed by atoms with Crippen LogP contribution in [0.15, 0.2) is 60.7 Å². The van der Waals surface area contributed by atoms with Crippen LogP contribution in [0.2, 0.25) is 0 Å². The van der Waals surface area contributed by atoms with Crippen LogP contribution in [0.5, 0.6) is 0 Å². The molecule has 2 N–H and O–H groups in total. The largest absolute Gasteiger partial charge is 0.480 e. The highest BCUT2D eigenvalue weighted by Gasteiger charge is 2.42. The van der Waals surface area contributed by atoms with Gasteiger partial charge in [-0.1, -0.05) is 67.1 Å². The van der Waals surface area contributed by atoms with E-state index in [4.69, 9.17) is 4.74 Å². The van der Waals surface area contributed by atoms with Crippen LogP contribution < -0.4 is 5.32 Å². The van der Waals surface area contributed by atoms with E-state index in [2.05, 4.69) is 5.32 Å². The average molecular weight is 493 g/mol. The number of carbonyl (C=O) groups excluding carboxylic acids is 3. The van der Waals surface area contributed by atoms with Crippen molar-refractivity contribution in [2.45, 2.75) is 57.2 Å². The lowest BCUT2D eigenvalue weighted by molar-refractivity contribution is -0.156. The monoisotopic (exact) mass is 492 g/mol. The number of likely N-dealkylation sites (tertiary alicyclic amines) is 1. The molecule has 4 rings (SSSR count). The van der Waals surface area contributed by atoms with E-state index in [1.165, 1.54) is 4.90 Å². The molecular weight excluding hydrogens is 460 g/mol. The molecule has 8 nitrogen and oxygen atoms in total. The van der Waals surface area contributed by atoms with Gasteiger partial charge in [0.1, 0.15) is 12.1 Å². The van der Waals surface area contributed by atoms with Gasteiger partial charge in [0.05, 0.1) is 11.8 Å². The first-order chi connectivity index (χ1) is 17.4. The first-order valence-corrected chi connectivity index (χ1v) is 12.5. The van der Waals surface area contributed by atoms with Gasteiger partial charge in [-0.05, 0) is 43.7 Å². The fourth-order valence-electron chi connectivity index (χ4n) is 5.26. The fourth-order valence-corrected chi connectivity index (χ4v) is 5.26. The highest BCUT2D eigenvalue weighted by atomic mass is 16.5. The third-order valence-corrected chi connectivity index (χ3v) is 7.14. The average Bonchev–Trinajstić information content (AvgIpc) is 3.58. The molecular formula is C28H32N2O6. The predicted octanol–water partition coefficient (Wildman–Crippen LogP) is 3.32. The molecule has 190 valence electrons. The lowest BCUT2D eigenvalue weighted by Crippen LogP contribution is -2.51. The number of nitrogens with one attached hydrogen (secondary N) is 1. The van der Waals surface area contributed by atoms with Crippen LogP contribution in [-0.2, 0) is 23.9 Å². The molecule has 1 aliphatic heterocycles. The molecule has 2 aromatic carbocycles. The zero-order chi connectivity index (χ0) is 25.7. The smallest absolute Gasteiger partial charge is 0.326 e. The molecule has 2 aromatic rings. The SMILES string of the molecule is C[C@H](NC(=O)C1CCCC1C(=O)OC(c1ccccc1)c1ccccc1)C(=O)N1CCC[C@H]1C(=O)O. The highest BCUT2D eigenvalue weighted by Crippen LogP contribution is 2.36. The van der Waals surface area contributed by atoms with Crippen molar-refractivity contribution in [1.82, 2.24) is 10.2 Å². The fraction of sp³-hybridized carbons (Fsp3) is 0.429. The maximum absolute atomic E-state index is 13.3. The number of ether oxygens (including phenoxy) is 1. The van der Waals surface area contributed by atoms with Crippen LogP contribution in [0.3, 0.4) is 0 Å². The molecule has 0 radical (unpaired) electrons. The number of amides is 2. The number of nitrogens with zero attached hydrogens (tertiary/aromatic N) is 1. The molecule has 4 atom stereocenters. The molecule has 2 aliphatic rings. The van der Waals surface area contributed by atoms with Crippen molar-refractivity contribution in [1.29, 1.82) is 0 Å². The van der Waals surface area contributed by atoms with Crippen LogP contribution in [0.1, 0.15) is 56.3 Å². The van der Waals surface area contributed by atoms with E-state index in [1.54, 1.807) is 6.92 Å². The number of carboxylic acid groups (broad SMARTS) is 1. The highest BCUT2D eigenvalue weighted by molar-refractivity contribution is 5.92. The molecule has 1 heterocycles. The maximum atomic E-state index is 13.3. The summed E-state index contributed by atoms with van der Waals surface area (Å²) in [5.74, 6) is -3.48. The Kier molecular flexibility index (Phi) is 8.03. The van der Waals surface area contributed by atoms with Gasteiger partial charge in [-0.3, -0.25) is 14.4 Å². The third-order valence-electron chi connectivity index (χ3n) is 7.14. The summed E-state index contributed by atoms with van der Waals surface area (Å²) in [6.45, 7) is 1.91. The van der Waals surface area contributed by atoms with Crippen molar-refractivity contribution in [2.75, 3.05) is 6.54 Å². The summed E-state index contributed by atoms with van der Waals surface area (Å²) in [4.78, 5) is 52.1. The number of esters is 1. The summed E-state index contributed by atoms with van der Waals surface area (Å²) in [5.41, 5.74) is 1.68. The van der Waals surface area contributed by atoms with Crippen LogP contribution in [0.4, 0.5) is 0 Å². The second-order valence-corrected chi connectivity index (χ2v) is 9.54. The topological polar surface area (TPSA) is 113 Å². The molecule has 0 spiro atoms. The number of carbonyl (C=O) groups is 4. The summed E-state index contributed by atoms with van der Waals surface area (Å²) >= 11 is 0. The van der Waals surface area contributed by atoms with Crippen molar-refractivity contribution in [2.24, 2.45) is 11.8 Å². The quantitative estimate of drug-likeness (QED) is 0.547. The van der Waals surface area contributed by atoms with Gasteiger partial charge >= 0.3 is 11.9 Å². The molecule has 1 saturated carbocycles. The van der Waals surface area contributed by atoms with Gasteiger partial charge in [-0.15, -0.1) is 0 Å². The number of hydrogen-bond donors (Lipinski definition) is 2. The Morgan fingerprint density at radius 2 is 1.47 bits per heavy atom. The van der Waals surface area contributed by atoms with Gasteiger partial charge in [0, 0.05) is 6.54 Å². The van der Waals surface area contributed by atoms with Crippen molar-refractivity contribution in [3.63, 3.8) is 0 Å². The van der Waals surface area contributed by atoms with E-state index < -0.39 is 47.9 Å². The molecule has 2 fully saturated rings. The second-order valence-electron chi connectivity index (χ2n) is 9.54. The van der Waals surface area contributed by atoms with E-state index in [0.717, 1.165) is 11.1 Å². The molecule has 1 aliphatic carbocycles. The predicted molar refractivity (Wildman–Crippen MR) is 132 cm³/mol. The Hall–Kier alpha value is -3.68. The van der Waals surface area contributed by atoms with Crippen LogP contribution in [-0.4, -0.2) is 52.4 Å². The van der Waals surface area contributed by atoms with Gasteiger partial charge in [0.25, 0.3) is 0 Å². The lowest BCUT2D eigenvalue weighted by atomic mass is 9.94. The minimum Gasteiger partial charge on any atom is -0.480 e. The van der Waals surface area contributed by atoms with E-state index >= 15 is 0 Å². The van der Waals surface area contributed by atoms with Crippen LogP contribution >= 0.6 is 0 Å². The number of rotatable bonds is 8. The number of hydrogen-bond acceptors (Lipinski definition) is 5. The first kappa shape index (κ1) is 25.4. The van der Waals surface area contributed by atoms with Crippen LogP contribution in [0, 0.1) is 11.8 Å². The summed E-state index contributed by atoms with van der Waals surface area (Å²) < 4.78 is 6.00. The van der Waals surface area contributed by atoms with Gasteiger partial charge in [0.15, 0.2) is 6.10 Å². The Labute approximate surface area is 210 Å². The van der Waals surface area contributed by atoms with E-state index in [0.29, 0.717) is 38.6 Å². The Morgan fingerprint density at radius 1 is 0.889 bits per heavy atom. The third kappa shape index (κ3) is 5.58. The summed E-state index contributed by atoms with van der Waals surface area (Å²) in [6.07, 6.45) is 2.19. The lowest BCUT2D eigenvalue weighted by Gasteiger charge is -2.27. The summed E-state index contributed by atoms with van der Waals surface area (Å²) in [6, 6.07) is 17.2. The normalized spacial score (nSPS) is 22.3. The minimum absolute atomic E-state index is 0.356. The van der Waals surface area contributed by atoms with Gasteiger partial charge in [-0.2, -0.15) is 0 Å². The molecule has 2 amide bonds. The van der Waals surface area contributed by atoms with Gasteiger partial charge in [0.2, 0.25) is 11.8 Å². The zero-order valence-corrected chi connectivity index (χ0v) is 20.3. The summed E-state index contributed by atoms with van der Waals surface area (Å²) in [7, 11) is 0. The van der Waals surface area contributed by atoms with Gasteiger partial charge < -0.3 is 20.1 Å². The van der Waals surface area contributed by atoms with E-state index in [1.807, 2.05) is 60.7 Å². The number of aliphatic carboxylic acids is 1. The van der Waals surface area contributed by atoms with Gasteiger partial charge in [-0.25, -0.2) is 4.79 Å².